The zero-order valence-corrected chi connectivity index (χ0v) is 19.7. The van der Waals surface area contributed by atoms with Crippen LogP contribution >= 0.6 is 0 Å². The first-order valence-electron chi connectivity index (χ1n) is 12.1. The van der Waals surface area contributed by atoms with Crippen LogP contribution in [0.5, 0.6) is 0 Å². The maximum Gasteiger partial charge on any atom is 0.508 e. The van der Waals surface area contributed by atoms with Crippen molar-refractivity contribution in [3.63, 3.8) is 0 Å². The highest BCUT2D eigenvalue weighted by Crippen LogP contribution is 2.51. The molecule has 2 bridgehead atoms. The van der Waals surface area contributed by atoms with E-state index in [0.717, 1.165) is 25.9 Å². The van der Waals surface area contributed by atoms with Crippen molar-refractivity contribution < 1.29 is 38.1 Å². The number of epoxide rings is 1. The van der Waals surface area contributed by atoms with Gasteiger partial charge in [-0.3, -0.25) is 9.69 Å². The van der Waals surface area contributed by atoms with Gasteiger partial charge in [0.15, 0.2) is 6.10 Å². The second kappa shape index (κ2) is 8.27. The van der Waals surface area contributed by atoms with Crippen molar-refractivity contribution >= 4 is 18.1 Å². The van der Waals surface area contributed by atoms with Crippen LogP contribution in [-0.2, 0) is 33.3 Å². The van der Waals surface area contributed by atoms with E-state index in [1.54, 1.807) is 6.92 Å². The summed E-state index contributed by atoms with van der Waals surface area (Å²) >= 11 is 0. The fourth-order valence-electron chi connectivity index (χ4n) is 6.04. The van der Waals surface area contributed by atoms with Gasteiger partial charge in [-0.1, -0.05) is 13.8 Å². The number of fused-ring (bicyclic) bond motifs is 4. The maximum atomic E-state index is 13.2. The van der Waals surface area contributed by atoms with E-state index < -0.39 is 48.2 Å². The molecule has 0 spiro atoms. The molecule has 4 heterocycles. The molecule has 3 saturated heterocycles. The van der Waals surface area contributed by atoms with E-state index in [2.05, 4.69) is 11.8 Å². The fourth-order valence-corrected chi connectivity index (χ4v) is 6.04. The number of nitrogens with zero attached hydrogens (tertiary/aromatic N) is 1. The predicted octanol–water partition coefficient (Wildman–Crippen LogP) is 2.22. The first kappa shape index (κ1) is 22.7. The average Bonchev–Trinajstić information content (AvgIpc) is 3.15. The lowest BCUT2D eigenvalue weighted by atomic mass is 9.79. The first-order chi connectivity index (χ1) is 15.7. The summed E-state index contributed by atoms with van der Waals surface area (Å²) in [7, 11) is 0. The highest BCUT2D eigenvalue weighted by atomic mass is 16.7. The molecule has 5 rings (SSSR count). The molecule has 4 aliphatic heterocycles. The van der Waals surface area contributed by atoms with Crippen LogP contribution in [0.15, 0.2) is 11.6 Å². The zero-order valence-electron chi connectivity index (χ0n) is 19.7. The quantitative estimate of drug-likeness (QED) is 0.354. The Labute approximate surface area is 193 Å². The number of hydrogen-bond acceptors (Lipinski definition) is 9. The Kier molecular flexibility index (Phi) is 5.68. The molecule has 182 valence electrons. The molecule has 0 amide bonds. The number of likely N-dealkylation sites (tertiary alicyclic amines) is 1. The van der Waals surface area contributed by atoms with Crippen molar-refractivity contribution in [1.29, 1.82) is 0 Å². The fraction of sp³-hybridized carbons (Fsp3) is 0.792. The molecular formula is C24H33NO8. The van der Waals surface area contributed by atoms with Gasteiger partial charge in [-0.2, -0.15) is 0 Å². The van der Waals surface area contributed by atoms with Crippen LogP contribution in [0, 0.1) is 17.8 Å². The van der Waals surface area contributed by atoms with Gasteiger partial charge in [-0.05, 0) is 51.8 Å². The lowest BCUT2D eigenvalue weighted by Crippen LogP contribution is -2.53. The van der Waals surface area contributed by atoms with Crippen molar-refractivity contribution in [2.75, 3.05) is 19.7 Å². The molecule has 0 N–H and O–H groups in total. The molecule has 0 saturated carbocycles. The standard InChI is InChI=1S/C24H33NO8/c1-5-29-23(28)32-19-18(25-8-6-12(2)7-9-25)14-10-15(30-22(14)27)17-13(3)21(26)31-16(17)11-24(4)20(19)33-24/h10,12-13,15-20H,5-9,11H2,1-4H3. The van der Waals surface area contributed by atoms with Crippen molar-refractivity contribution in [3.05, 3.63) is 11.6 Å². The van der Waals surface area contributed by atoms with Gasteiger partial charge in [0.1, 0.15) is 18.3 Å². The number of hydrogen-bond donors (Lipinski definition) is 0. The number of carbonyl (C=O) groups excluding carboxylic acids is 3. The molecule has 8 atom stereocenters. The molecule has 1 aliphatic carbocycles. The molecule has 0 radical (unpaired) electrons. The Morgan fingerprint density at radius 3 is 2.64 bits per heavy atom. The summed E-state index contributed by atoms with van der Waals surface area (Å²) in [6.45, 7) is 9.44. The first-order valence-corrected chi connectivity index (χ1v) is 12.1. The smallest absolute Gasteiger partial charge is 0.462 e. The number of esters is 2. The van der Waals surface area contributed by atoms with Gasteiger partial charge in [0, 0.05) is 12.3 Å². The van der Waals surface area contributed by atoms with E-state index in [1.807, 2.05) is 19.9 Å². The number of carbonyl (C=O) groups is 3. The Hall–Kier alpha value is -2.13. The van der Waals surface area contributed by atoms with Gasteiger partial charge in [-0.15, -0.1) is 0 Å². The van der Waals surface area contributed by atoms with E-state index in [4.69, 9.17) is 23.7 Å². The highest BCUT2D eigenvalue weighted by molar-refractivity contribution is 5.93. The average molecular weight is 464 g/mol. The molecule has 0 aromatic rings. The normalized spacial score (nSPS) is 43.0. The molecule has 3 fully saturated rings. The molecular weight excluding hydrogens is 430 g/mol. The van der Waals surface area contributed by atoms with Gasteiger partial charge in [0.2, 0.25) is 0 Å². The van der Waals surface area contributed by atoms with E-state index in [0.29, 0.717) is 17.9 Å². The van der Waals surface area contributed by atoms with E-state index in [1.165, 1.54) is 0 Å². The molecule has 33 heavy (non-hydrogen) atoms. The number of rotatable bonds is 3. The van der Waals surface area contributed by atoms with Crippen LogP contribution in [0.3, 0.4) is 0 Å². The minimum Gasteiger partial charge on any atom is -0.462 e. The van der Waals surface area contributed by atoms with Crippen molar-refractivity contribution in [3.8, 4) is 0 Å². The van der Waals surface area contributed by atoms with Gasteiger partial charge in [0.05, 0.1) is 29.7 Å². The van der Waals surface area contributed by atoms with Crippen LogP contribution in [0.1, 0.15) is 47.0 Å². The minimum atomic E-state index is -0.782. The second-order valence-corrected chi connectivity index (χ2v) is 10.3. The Morgan fingerprint density at radius 2 is 1.94 bits per heavy atom. The summed E-state index contributed by atoms with van der Waals surface area (Å²) in [5.41, 5.74) is -0.180. The van der Waals surface area contributed by atoms with Crippen LogP contribution in [0.25, 0.3) is 0 Å². The SMILES string of the molecule is CCOC(=O)OC1C(N2CCC(C)CC2)C2=CC(OC2=O)C2C(CC3(C)OC13)OC(=O)C2C. The Bertz CT molecular complexity index is 865. The molecule has 5 aliphatic rings. The highest BCUT2D eigenvalue weighted by Gasteiger charge is 2.65. The van der Waals surface area contributed by atoms with Crippen LogP contribution < -0.4 is 0 Å². The Balaban J connectivity index is 1.56. The zero-order chi connectivity index (χ0) is 23.5. The summed E-state index contributed by atoms with van der Waals surface area (Å²) in [4.78, 5) is 40.3. The molecule has 9 heteroatoms. The van der Waals surface area contributed by atoms with Crippen LogP contribution in [0.2, 0.25) is 0 Å². The van der Waals surface area contributed by atoms with Gasteiger partial charge in [0.25, 0.3) is 0 Å². The van der Waals surface area contributed by atoms with Gasteiger partial charge in [-0.25, -0.2) is 9.59 Å². The van der Waals surface area contributed by atoms with Crippen molar-refractivity contribution in [2.24, 2.45) is 17.8 Å². The summed E-state index contributed by atoms with van der Waals surface area (Å²) in [6.07, 6.45) is 1.27. The van der Waals surface area contributed by atoms with Crippen molar-refractivity contribution in [1.82, 2.24) is 4.90 Å². The van der Waals surface area contributed by atoms with Crippen molar-refractivity contribution in [2.45, 2.75) is 83.0 Å². The summed E-state index contributed by atoms with van der Waals surface area (Å²) in [6, 6.07) is -0.504. The number of ether oxygens (including phenoxy) is 5. The third kappa shape index (κ3) is 3.93. The van der Waals surface area contributed by atoms with E-state index in [9.17, 15) is 14.4 Å². The van der Waals surface area contributed by atoms with Gasteiger partial charge < -0.3 is 23.7 Å². The largest absolute Gasteiger partial charge is 0.508 e. The lowest BCUT2D eigenvalue weighted by molar-refractivity contribution is -0.144. The summed E-state index contributed by atoms with van der Waals surface area (Å²) < 4.78 is 28.6. The lowest BCUT2D eigenvalue weighted by Gasteiger charge is -2.40. The third-order valence-corrected chi connectivity index (χ3v) is 8.03. The van der Waals surface area contributed by atoms with Crippen LogP contribution in [0.4, 0.5) is 4.79 Å². The van der Waals surface area contributed by atoms with Gasteiger partial charge >= 0.3 is 18.1 Å². The molecule has 9 nitrogen and oxygen atoms in total. The molecule has 0 aromatic heterocycles. The number of piperidine rings is 1. The second-order valence-electron chi connectivity index (χ2n) is 10.3. The summed E-state index contributed by atoms with van der Waals surface area (Å²) in [5.74, 6) is -0.790. The monoisotopic (exact) mass is 463 g/mol. The summed E-state index contributed by atoms with van der Waals surface area (Å²) in [5, 5.41) is 0. The molecule has 0 aromatic carbocycles. The predicted molar refractivity (Wildman–Crippen MR) is 114 cm³/mol. The van der Waals surface area contributed by atoms with E-state index in [-0.39, 0.29) is 24.4 Å². The molecule has 8 unspecified atom stereocenters. The van der Waals surface area contributed by atoms with Crippen LogP contribution in [-0.4, -0.2) is 78.7 Å². The maximum absolute atomic E-state index is 13.2. The topological polar surface area (TPSA) is 104 Å². The Morgan fingerprint density at radius 1 is 1.21 bits per heavy atom. The minimum absolute atomic E-state index is 0.185. The third-order valence-electron chi connectivity index (χ3n) is 8.03. The van der Waals surface area contributed by atoms with E-state index >= 15 is 0 Å².